The predicted octanol–water partition coefficient (Wildman–Crippen LogP) is 3.52. The number of nitrogens with zero attached hydrogens (tertiary/aromatic N) is 7. The van der Waals surface area contributed by atoms with Crippen molar-refractivity contribution in [3.8, 4) is 22.6 Å². The van der Waals surface area contributed by atoms with Gasteiger partial charge < -0.3 is 19.7 Å². The fraction of sp³-hybridized carbons (Fsp3) is 0.280. The largest absolute Gasteiger partial charge is 0.376 e. The lowest BCUT2D eigenvalue weighted by molar-refractivity contribution is 0.312. The van der Waals surface area contributed by atoms with Crippen LogP contribution in [0.1, 0.15) is 0 Å². The van der Waals surface area contributed by atoms with Crippen molar-refractivity contribution in [2.75, 3.05) is 57.1 Å². The van der Waals surface area contributed by atoms with Crippen LogP contribution in [-0.4, -0.2) is 82.4 Å². The Morgan fingerprint density at radius 1 is 1.00 bits per heavy atom. The van der Waals surface area contributed by atoms with E-state index in [0.717, 1.165) is 59.8 Å². The van der Waals surface area contributed by atoms with Crippen LogP contribution in [0.25, 0.3) is 44.6 Å². The first-order valence-corrected chi connectivity index (χ1v) is 11.6. The number of benzene rings is 1. The summed E-state index contributed by atoms with van der Waals surface area (Å²) >= 11 is 0. The molecule has 1 aliphatic heterocycles. The van der Waals surface area contributed by atoms with Gasteiger partial charge in [-0.2, -0.15) is 5.10 Å². The summed E-state index contributed by atoms with van der Waals surface area (Å²) in [6.45, 7) is 3.75. The summed E-state index contributed by atoms with van der Waals surface area (Å²) in [4.78, 5) is 23.8. The third-order valence-electron chi connectivity index (χ3n) is 6.61. The van der Waals surface area contributed by atoms with E-state index in [-0.39, 0.29) is 5.52 Å². The van der Waals surface area contributed by atoms with Crippen molar-refractivity contribution in [1.82, 2.24) is 35.0 Å². The quantitative estimate of drug-likeness (QED) is 0.414. The molecule has 0 unspecified atom stereocenters. The summed E-state index contributed by atoms with van der Waals surface area (Å²) in [5.41, 5.74) is 5.09. The lowest BCUT2D eigenvalue weighted by atomic mass is 10.0. The number of hydrogen-bond donors (Lipinski definition) is 2. The number of fused-ring (bicyclic) bond motifs is 2. The van der Waals surface area contributed by atoms with Gasteiger partial charge in [0.15, 0.2) is 17.5 Å². The number of hydrogen-bond acceptors (Lipinski definition) is 7. The Morgan fingerprint density at radius 2 is 1.83 bits per heavy atom. The fourth-order valence-corrected chi connectivity index (χ4v) is 4.54. The molecule has 0 amide bonds. The van der Waals surface area contributed by atoms with Crippen molar-refractivity contribution < 1.29 is 4.39 Å². The number of aromatic nitrogens is 6. The lowest BCUT2D eigenvalue weighted by Crippen LogP contribution is -2.44. The lowest BCUT2D eigenvalue weighted by Gasteiger charge is -2.33. The van der Waals surface area contributed by atoms with Crippen molar-refractivity contribution in [2.24, 2.45) is 0 Å². The molecule has 6 rings (SSSR count). The number of imidazole rings is 1. The molecule has 0 saturated carbocycles. The molecule has 0 aliphatic carbocycles. The van der Waals surface area contributed by atoms with Crippen molar-refractivity contribution in [3.05, 3.63) is 48.7 Å². The van der Waals surface area contributed by atoms with Gasteiger partial charge in [0.2, 0.25) is 0 Å². The minimum Gasteiger partial charge on any atom is -0.376 e. The zero-order chi connectivity index (χ0) is 24.1. The maximum Gasteiger partial charge on any atom is 0.157 e. The highest BCUT2D eigenvalue weighted by molar-refractivity contribution is 5.97. The van der Waals surface area contributed by atoms with E-state index >= 15 is 4.39 Å². The average Bonchev–Trinajstić information content (AvgIpc) is 3.49. The van der Waals surface area contributed by atoms with Crippen molar-refractivity contribution in [1.29, 1.82) is 0 Å². The van der Waals surface area contributed by atoms with Gasteiger partial charge >= 0.3 is 0 Å². The second-order valence-electron chi connectivity index (χ2n) is 9.19. The van der Waals surface area contributed by atoms with Crippen LogP contribution in [0.2, 0.25) is 0 Å². The number of halogens is 1. The van der Waals surface area contributed by atoms with Crippen LogP contribution in [-0.2, 0) is 0 Å². The van der Waals surface area contributed by atoms with E-state index in [1.807, 2.05) is 37.2 Å². The molecule has 9 nitrogen and oxygen atoms in total. The molecule has 5 aromatic rings. The molecule has 1 aliphatic rings. The molecule has 1 fully saturated rings. The highest BCUT2D eigenvalue weighted by atomic mass is 19.1. The Bertz CT molecular complexity index is 1530. The number of nitrogens with one attached hydrogen (secondary N) is 2. The van der Waals surface area contributed by atoms with Crippen molar-refractivity contribution in [3.63, 3.8) is 0 Å². The summed E-state index contributed by atoms with van der Waals surface area (Å²) in [6.07, 6.45) is 5.32. The minimum atomic E-state index is -0.397. The molecule has 178 valence electrons. The Morgan fingerprint density at radius 3 is 2.63 bits per heavy atom. The SMILES string of the molecule is CN1CCN(c2nccc3[nH]c(-c4[nH]nc5c(F)cc(-c6cncc(N(C)C)c6)cc45)nc23)CC1. The molecule has 0 bridgehead atoms. The molecule has 2 N–H and O–H groups in total. The van der Waals surface area contributed by atoms with Crippen LogP contribution in [0.5, 0.6) is 0 Å². The van der Waals surface area contributed by atoms with E-state index in [0.29, 0.717) is 16.9 Å². The van der Waals surface area contributed by atoms with Gasteiger partial charge in [0, 0.05) is 63.6 Å². The van der Waals surface area contributed by atoms with Crippen LogP contribution in [0, 0.1) is 5.82 Å². The third kappa shape index (κ3) is 3.75. The summed E-state index contributed by atoms with van der Waals surface area (Å²) in [6, 6.07) is 7.33. The zero-order valence-electron chi connectivity index (χ0n) is 19.9. The molecular weight excluding hydrogens is 445 g/mol. The standard InChI is InChI=1S/C25H26FN9/c1-33(2)17-10-16(13-27-14-17)15-11-18-21(19(26)12-15)31-32-22(18)24-29-20-4-5-28-25(23(20)30-24)35-8-6-34(3)7-9-35/h4-5,10-14H,6-9H2,1-3H3,(H,29,30)(H,31,32). The van der Waals surface area contributed by atoms with Crippen molar-refractivity contribution >= 4 is 33.4 Å². The Balaban J connectivity index is 1.45. The molecule has 10 heteroatoms. The van der Waals surface area contributed by atoms with Gasteiger partial charge in [0.05, 0.1) is 17.4 Å². The first-order valence-electron chi connectivity index (χ1n) is 11.6. The number of aromatic amines is 2. The number of likely N-dealkylation sites (N-methyl/N-ethyl adjacent to an activating group) is 1. The molecule has 35 heavy (non-hydrogen) atoms. The number of anilines is 2. The predicted molar refractivity (Wildman–Crippen MR) is 136 cm³/mol. The van der Waals surface area contributed by atoms with Crippen LogP contribution in [0.4, 0.5) is 15.9 Å². The molecule has 0 radical (unpaired) electrons. The molecule has 0 atom stereocenters. The van der Waals surface area contributed by atoms with Crippen molar-refractivity contribution in [2.45, 2.75) is 0 Å². The van der Waals surface area contributed by atoms with E-state index in [1.54, 1.807) is 18.6 Å². The van der Waals surface area contributed by atoms with E-state index in [2.05, 4.69) is 42.0 Å². The number of piperazine rings is 1. The van der Waals surface area contributed by atoms with E-state index < -0.39 is 5.82 Å². The molecule has 4 aromatic heterocycles. The Hall–Kier alpha value is -4.05. The topological polar surface area (TPSA) is 92.9 Å². The second-order valence-corrected chi connectivity index (χ2v) is 9.19. The number of rotatable bonds is 4. The normalized spacial score (nSPS) is 14.8. The van der Waals surface area contributed by atoms with Gasteiger partial charge in [-0.25, -0.2) is 14.4 Å². The molecular formula is C25H26FN9. The van der Waals surface area contributed by atoms with Crippen LogP contribution < -0.4 is 9.80 Å². The Kier molecular flexibility index (Phi) is 5.10. The van der Waals surface area contributed by atoms with Gasteiger partial charge in [-0.15, -0.1) is 0 Å². The minimum absolute atomic E-state index is 0.276. The van der Waals surface area contributed by atoms with E-state index in [1.165, 1.54) is 6.07 Å². The summed E-state index contributed by atoms with van der Waals surface area (Å²) in [7, 11) is 6.03. The van der Waals surface area contributed by atoms with Crippen LogP contribution in [0.15, 0.2) is 42.9 Å². The Labute approximate surface area is 201 Å². The summed E-state index contributed by atoms with van der Waals surface area (Å²) in [5, 5.41) is 7.90. The summed E-state index contributed by atoms with van der Waals surface area (Å²) < 4.78 is 15.1. The fourth-order valence-electron chi connectivity index (χ4n) is 4.54. The van der Waals surface area contributed by atoms with Gasteiger partial charge in [-0.05, 0) is 36.9 Å². The van der Waals surface area contributed by atoms with Gasteiger partial charge in [-0.3, -0.25) is 10.1 Å². The van der Waals surface area contributed by atoms with Gasteiger partial charge in [-0.1, -0.05) is 0 Å². The number of H-pyrrole nitrogens is 2. The van der Waals surface area contributed by atoms with Gasteiger partial charge in [0.25, 0.3) is 0 Å². The van der Waals surface area contributed by atoms with Crippen LogP contribution >= 0.6 is 0 Å². The molecule has 0 spiro atoms. The highest BCUT2D eigenvalue weighted by Crippen LogP contribution is 2.34. The monoisotopic (exact) mass is 471 g/mol. The molecule has 1 saturated heterocycles. The van der Waals surface area contributed by atoms with E-state index in [4.69, 9.17) is 4.98 Å². The summed E-state index contributed by atoms with van der Waals surface area (Å²) in [5.74, 6) is 1.06. The van der Waals surface area contributed by atoms with Crippen LogP contribution in [0.3, 0.4) is 0 Å². The molecule has 5 heterocycles. The second kappa shape index (κ2) is 8.31. The average molecular weight is 472 g/mol. The highest BCUT2D eigenvalue weighted by Gasteiger charge is 2.21. The number of pyridine rings is 2. The maximum absolute atomic E-state index is 15.1. The first kappa shape index (κ1) is 21.5. The van der Waals surface area contributed by atoms with E-state index in [9.17, 15) is 0 Å². The molecule has 1 aromatic carbocycles. The zero-order valence-corrected chi connectivity index (χ0v) is 19.9. The first-order chi connectivity index (χ1) is 17.0. The maximum atomic E-state index is 15.1. The third-order valence-corrected chi connectivity index (χ3v) is 6.61. The van der Waals surface area contributed by atoms with Gasteiger partial charge in [0.1, 0.15) is 16.7 Å². The smallest absolute Gasteiger partial charge is 0.157 e.